The molecule has 29 heavy (non-hydrogen) atoms. The third-order valence-electron chi connectivity index (χ3n) is 5.01. The Balaban J connectivity index is 2.02. The first kappa shape index (κ1) is 24.7. The largest absolute Gasteiger partial charge is 0.530 e. The molecule has 7 atom stereocenters. The maximum atomic E-state index is 12.5. The molecule has 1 aliphatic heterocycles. The second kappa shape index (κ2) is 9.73. The van der Waals surface area contributed by atoms with Crippen LogP contribution in [-0.4, -0.2) is 64.8 Å². The molecule has 0 radical (unpaired) electrons. The second-order valence-electron chi connectivity index (χ2n) is 8.81. The van der Waals surface area contributed by atoms with Gasteiger partial charge in [-0.1, -0.05) is 6.92 Å². The van der Waals surface area contributed by atoms with Gasteiger partial charge in [-0.2, -0.15) is 0 Å². The quantitative estimate of drug-likeness (QED) is 0.523. The van der Waals surface area contributed by atoms with E-state index in [1.54, 1.807) is 6.92 Å². The molecule has 1 aliphatic carbocycles. The predicted octanol–water partition coefficient (Wildman–Crippen LogP) is 2.57. The van der Waals surface area contributed by atoms with Gasteiger partial charge in [-0.3, -0.25) is 9.42 Å². The number of ether oxygens (including phenoxy) is 3. The summed E-state index contributed by atoms with van der Waals surface area (Å²) >= 11 is 0. The lowest BCUT2D eigenvalue weighted by atomic mass is 10.0. The van der Waals surface area contributed by atoms with Gasteiger partial charge in [-0.15, -0.1) is 0 Å². The molecule has 2 N–H and O–H groups in total. The van der Waals surface area contributed by atoms with Crippen LogP contribution in [0, 0.1) is 5.92 Å². The van der Waals surface area contributed by atoms with Crippen LogP contribution < -0.4 is 0 Å². The SMILES string of the molecule is CC(C)OC[C@@]1(O)C[C@@H](C)C[C@H]1OP(=O)(O)OC(=O)[C@H]1O[C@@H](C)C[C@H]1OC(C)C. The number of hydrogen-bond acceptors (Lipinski definition) is 8. The predicted molar refractivity (Wildman–Crippen MR) is 104 cm³/mol. The molecule has 2 fully saturated rings. The van der Waals surface area contributed by atoms with Gasteiger partial charge in [0.25, 0.3) is 0 Å². The molecule has 0 aromatic rings. The van der Waals surface area contributed by atoms with Crippen LogP contribution in [0.4, 0.5) is 0 Å². The summed E-state index contributed by atoms with van der Waals surface area (Å²) in [5, 5.41) is 10.9. The van der Waals surface area contributed by atoms with E-state index < -0.39 is 37.7 Å². The summed E-state index contributed by atoms with van der Waals surface area (Å²) < 4.78 is 39.2. The first-order valence-electron chi connectivity index (χ1n) is 10.2. The van der Waals surface area contributed by atoms with Gasteiger partial charge in [-0.05, 0) is 53.4 Å². The van der Waals surface area contributed by atoms with Crippen LogP contribution in [0.1, 0.15) is 60.8 Å². The summed E-state index contributed by atoms with van der Waals surface area (Å²) in [6.45, 7) is 11.0. The van der Waals surface area contributed by atoms with Crippen molar-refractivity contribution in [2.24, 2.45) is 5.92 Å². The molecule has 1 unspecified atom stereocenters. The van der Waals surface area contributed by atoms with Crippen molar-refractivity contribution in [2.75, 3.05) is 6.61 Å². The third-order valence-corrected chi connectivity index (χ3v) is 5.94. The molecule has 0 bridgehead atoms. The molecule has 170 valence electrons. The lowest BCUT2D eigenvalue weighted by Crippen LogP contribution is -2.44. The molecule has 2 rings (SSSR count). The average Bonchev–Trinajstić information content (AvgIpc) is 3.03. The van der Waals surface area contributed by atoms with E-state index in [9.17, 15) is 19.4 Å². The Labute approximate surface area is 172 Å². The maximum absolute atomic E-state index is 12.5. The van der Waals surface area contributed by atoms with Crippen LogP contribution in [0.5, 0.6) is 0 Å². The van der Waals surface area contributed by atoms with Crippen LogP contribution in [0.15, 0.2) is 0 Å². The highest BCUT2D eigenvalue weighted by Gasteiger charge is 2.51. The minimum Gasteiger partial charge on any atom is -0.385 e. The maximum Gasteiger partial charge on any atom is 0.530 e. The van der Waals surface area contributed by atoms with Crippen molar-refractivity contribution in [3.8, 4) is 0 Å². The van der Waals surface area contributed by atoms with Crippen LogP contribution in [0.3, 0.4) is 0 Å². The van der Waals surface area contributed by atoms with E-state index in [0.717, 1.165) is 0 Å². The minimum atomic E-state index is -4.79. The summed E-state index contributed by atoms with van der Waals surface area (Å²) in [6, 6.07) is 0. The Hall–Kier alpha value is -0.540. The number of phosphoric acid groups is 1. The fraction of sp³-hybridized carbons (Fsp3) is 0.947. The van der Waals surface area contributed by atoms with E-state index in [1.165, 1.54) is 0 Å². The molecule has 0 aromatic heterocycles. The van der Waals surface area contributed by atoms with E-state index in [1.807, 2.05) is 34.6 Å². The zero-order valence-electron chi connectivity index (χ0n) is 18.1. The van der Waals surface area contributed by atoms with E-state index in [0.29, 0.717) is 19.3 Å². The summed E-state index contributed by atoms with van der Waals surface area (Å²) in [7, 11) is -4.79. The number of rotatable bonds is 9. The first-order chi connectivity index (χ1) is 13.3. The van der Waals surface area contributed by atoms with Gasteiger partial charge in [0.15, 0.2) is 6.10 Å². The standard InChI is InChI=1S/C19H35O9P/c1-11(2)24-10-19(21)9-13(5)7-16(19)27-29(22,23)28-18(20)17-15(25-12(3)4)8-14(6)26-17/h11-17,21H,7-10H2,1-6H3,(H,22,23)/t13-,14-,15+,16+,17-,19-/m0/s1. The Kier molecular flexibility index (Phi) is 8.29. The Morgan fingerprint density at radius 2 is 1.86 bits per heavy atom. The molecular weight excluding hydrogens is 403 g/mol. The number of carbonyl (C=O) groups is 1. The number of aliphatic hydroxyl groups is 1. The smallest absolute Gasteiger partial charge is 0.385 e. The molecule has 0 amide bonds. The van der Waals surface area contributed by atoms with Gasteiger partial charge in [0, 0.05) is 6.42 Å². The van der Waals surface area contributed by atoms with Crippen molar-refractivity contribution in [3.63, 3.8) is 0 Å². The minimum absolute atomic E-state index is 0.0405. The first-order valence-corrected chi connectivity index (χ1v) is 11.7. The molecule has 10 heteroatoms. The van der Waals surface area contributed by atoms with Crippen molar-refractivity contribution in [2.45, 2.75) is 103 Å². The third kappa shape index (κ3) is 6.99. The zero-order chi connectivity index (χ0) is 22.0. The fourth-order valence-corrected chi connectivity index (χ4v) is 4.86. The topological polar surface area (TPSA) is 121 Å². The number of carbonyl (C=O) groups excluding carboxylic acids is 1. The van der Waals surface area contributed by atoms with Crippen molar-refractivity contribution >= 4 is 13.8 Å². The van der Waals surface area contributed by atoms with E-state index in [2.05, 4.69) is 0 Å². The fourth-order valence-electron chi connectivity index (χ4n) is 3.88. The molecule has 9 nitrogen and oxygen atoms in total. The molecule has 1 heterocycles. The molecule has 1 saturated heterocycles. The average molecular weight is 438 g/mol. The van der Waals surface area contributed by atoms with Crippen molar-refractivity contribution in [3.05, 3.63) is 0 Å². The summed E-state index contributed by atoms with van der Waals surface area (Å²) in [5.74, 6) is -0.960. The lowest BCUT2D eigenvalue weighted by Gasteiger charge is -2.31. The van der Waals surface area contributed by atoms with E-state index >= 15 is 0 Å². The van der Waals surface area contributed by atoms with E-state index in [4.69, 9.17) is 23.3 Å². The van der Waals surface area contributed by atoms with Crippen LogP contribution in [0.25, 0.3) is 0 Å². The molecule has 0 spiro atoms. The Morgan fingerprint density at radius 3 is 2.45 bits per heavy atom. The van der Waals surface area contributed by atoms with Crippen molar-refractivity contribution in [1.29, 1.82) is 0 Å². The number of hydrogen-bond donors (Lipinski definition) is 2. The van der Waals surface area contributed by atoms with Crippen LogP contribution in [-0.2, 0) is 32.6 Å². The van der Waals surface area contributed by atoms with Gasteiger partial charge in [-0.25, -0.2) is 9.36 Å². The van der Waals surface area contributed by atoms with Crippen LogP contribution >= 0.6 is 7.82 Å². The molecule has 2 aliphatic rings. The highest BCUT2D eigenvalue weighted by molar-refractivity contribution is 7.48. The van der Waals surface area contributed by atoms with Gasteiger partial charge in [0.1, 0.15) is 11.7 Å². The molecule has 1 saturated carbocycles. The Morgan fingerprint density at radius 1 is 1.21 bits per heavy atom. The van der Waals surface area contributed by atoms with Gasteiger partial charge in [0.2, 0.25) is 0 Å². The molecular formula is C19H35O9P. The van der Waals surface area contributed by atoms with E-state index in [-0.39, 0.29) is 30.8 Å². The molecule has 0 aromatic carbocycles. The van der Waals surface area contributed by atoms with Crippen LogP contribution in [0.2, 0.25) is 0 Å². The highest BCUT2D eigenvalue weighted by Crippen LogP contribution is 2.51. The van der Waals surface area contributed by atoms with Crippen molar-refractivity contribution < 1.29 is 42.6 Å². The van der Waals surface area contributed by atoms with Gasteiger partial charge < -0.3 is 23.8 Å². The monoisotopic (exact) mass is 438 g/mol. The highest BCUT2D eigenvalue weighted by atomic mass is 31.2. The summed E-state index contributed by atoms with van der Waals surface area (Å²) in [6.07, 6.45) is -2.01. The second-order valence-corrected chi connectivity index (χ2v) is 10.1. The van der Waals surface area contributed by atoms with Gasteiger partial charge >= 0.3 is 13.8 Å². The normalized spacial score (nSPS) is 37.2. The lowest BCUT2D eigenvalue weighted by molar-refractivity contribution is -0.157. The summed E-state index contributed by atoms with van der Waals surface area (Å²) in [4.78, 5) is 22.7. The Bertz CT molecular complexity index is 610. The van der Waals surface area contributed by atoms with Gasteiger partial charge in [0.05, 0.1) is 31.0 Å². The number of phosphoric ester groups is 1. The summed E-state index contributed by atoms with van der Waals surface area (Å²) in [5.41, 5.74) is -1.43. The zero-order valence-corrected chi connectivity index (χ0v) is 19.0. The van der Waals surface area contributed by atoms with Crippen molar-refractivity contribution in [1.82, 2.24) is 0 Å².